The average molecular weight is 329 g/mol. The van der Waals surface area contributed by atoms with E-state index < -0.39 is 10.0 Å². The van der Waals surface area contributed by atoms with Crippen LogP contribution in [0.25, 0.3) is 5.69 Å². The van der Waals surface area contributed by atoms with Crippen LogP contribution in [-0.2, 0) is 10.0 Å². The van der Waals surface area contributed by atoms with Crippen molar-refractivity contribution in [2.24, 2.45) is 0 Å². The van der Waals surface area contributed by atoms with Crippen LogP contribution in [-0.4, -0.2) is 28.6 Å². The Balaban J connectivity index is 1.81. The van der Waals surface area contributed by atoms with Gasteiger partial charge in [0.15, 0.2) is 5.82 Å². The molecule has 0 atom stereocenters. The molecule has 0 aliphatic rings. The predicted octanol–water partition coefficient (Wildman–Crippen LogP) is 2.08. The van der Waals surface area contributed by atoms with Gasteiger partial charge < -0.3 is 0 Å². The van der Waals surface area contributed by atoms with Gasteiger partial charge in [0, 0.05) is 5.69 Å². The van der Waals surface area contributed by atoms with Gasteiger partial charge in [-0.2, -0.15) is 0 Å². The normalized spacial score (nSPS) is 11.4. The SMILES string of the molecule is Cc1ccc(S(=O)(=O)Nc2ccc(-n3nnc(C)n3)cc2)cc1. The Morgan fingerprint density at radius 3 is 2.17 bits per heavy atom. The number of benzene rings is 2. The maximum Gasteiger partial charge on any atom is 0.261 e. The van der Waals surface area contributed by atoms with Crippen molar-refractivity contribution in [3.05, 3.63) is 59.9 Å². The number of rotatable bonds is 4. The topological polar surface area (TPSA) is 89.8 Å². The van der Waals surface area contributed by atoms with Crippen molar-refractivity contribution in [1.29, 1.82) is 0 Å². The molecule has 3 aromatic rings. The van der Waals surface area contributed by atoms with Gasteiger partial charge >= 0.3 is 0 Å². The van der Waals surface area contributed by atoms with Gasteiger partial charge in [-0.1, -0.05) is 17.7 Å². The fourth-order valence-electron chi connectivity index (χ4n) is 1.99. The average Bonchev–Trinajstić information content (AvgIpc) is 2.95. The van der Waals surface area contributed by atoms with E-state index in [1.165, 1.54) is 4.80 Å². The van der Waals surface area contributed by atoms with E-state index in [2.05, 4.69) is 20.1 Å². The fourth-order valence-corrected chi connectivity index (χ4v) is 3.05. The van der Waals surface area contributed by atoms with E-state index in [-0.39, 0.29) is 4.90 Å². The quantitative estimate of drug-likeness (QED) is 0.791. The smallest absolute Gasteiger partial charge is 0.261 e. The largest absolute Gasteiger partial charge is 0.280 e. The zero-order valence-corrected chi connectivity index (χ0v) is 13.4. The number of aryl methyl sites for hydroxylation is 2. The molecule has 1 aromatic heterocycles. The van der Waals surface area contributed by atoms with E-state index >= 15 is 0 Å². The maximum absolute atomic E-state index is 12.3. The molecule has 1 N–H and O–H groups in total. The van der Waals surface area contributed by atoms with Crippen LogP contribution in [0, 0.1) is 13.8 Å². The minimum absolute atomic E-state index is 0.223. The molecule has 0 fully saturated rings. The van der Waals surface area contributed by atoms with Gasteiger partial charge in [-0.05, 0) is 55.5 Å². The lowest BCUT2D eigenvalue weighted by Gasteiger charge is -2.09. The molecule has 23 heavy (non-hydrogen) atoms. The summed E-state index contributed by atoms with van der Waals surface area (Å²) in [6.45, 7) is 3.65. The number of hydrogen-bond acceptors (Lipinski definition) is 5. The first-order valence-electron chi connectivity index (χ1n) is 6.91. The van der Waals surface area contributed by atoms with Crippen molar-refractivity contribution in [2.45, 2.75) is 18.7 Å². The highest BCUT2D eigenvalue weighted by Crippen LogP contribution is 2.18. The van der Waals surface area contributed by atoms with Crippen molar-refractivity contribution in [2.75, 3.05) is 4.72 Å². The zero-order chi connectivity index (χ0) is 16.4. The second-order valence-electron chi connectivity index (χ2n) is 5.09. The van der Waals surface area contributed by atoms with Gasteiger partial charge in [0.25, 0.3) is 10.0 Å². The molecular formula is C15H15N5O2S. The summed E-state index contributed by atoms with van der Waals surface area (Å²) in [5, 5.41) is 11.8. The molecule has 0 saturated carbocycles. The third-order valence-corrected chi connectivity index (χ3v) is 4.59. The summed E-state index contributed by atoms with van der Waals surface area (Å²) in [7, 11) is -3.60. The second-order valence-corrected chi connectivity index (χ2v) is 6.77. The molecule has 0 saturated heterocycles. The van der Waals surface area contributed by atoms with Crippen molar-refractivity contribution in [3.63, 3.8) is 0 Å². The first kappa shape index (κ1) is 15.2. The summed E-state index contributed by atoms with van der Waals surface area (Å²) in [5.74, 6) is 0.564. The lowest BCUT2D eigenvalue weighted by atomic mass is 10.2. The van der Waals surface area contributed by atoms with E-state index in [4.69, 9.17) is 0 Å². The van der Waals surface area contributed by atoms with Gasteiger partial charge in [0.05, 0.1) is 10.6 Å². The highest BCUT2D eigenvalue weighted by Gasteiger charge is 2.13. The van der Waals surface area contributed by atoms with Crippen LogP contribution in [0.5, 0.6) is 0 Å². The maximum atomic E-state index is 12.3. The minimum atomic E-state index is -3.60. The molecule has 1 heterocycles. The Morgan fingerprint density at radius 1 is 0.957 bits per heavy atom. The van der Waals surface area contributed by atoms with Gasteiger partial charge in [-0.25, -0.2) is 8.42 Å². The number of aromatic nitrogens is 4. The molecule has 0 amide bonds. The highest BCUT2D eigenvalue weighted by atomic mass is 32.2. The Bertz CT molecular complexity index is 915. The number of anilines is 1. The summed E-state index contributed by atoms with van der Waals surface area (Å²) in [6, 6.07) is 13.4. The molecule has 3 rings (SSSR count). The molecule has 2 aromatic carbocycles. The summed E-state index contributed by atoms with van der Waals surface area (Å²) in [4.78, 5) is 1.61. The van der Waals surface area contributed by atoms with Gasteiger partial charge in [-0.3, -0.25) is 4.72 Å². The first-order chi connectivity index (χ1) is 10.9. The fraction of sp³-hybridized carbons (Fsp3) is 0.133. The van der Waals surface area contributed by atoms with Crippen LogP contribution >= 0.6 is 0 Å². The summed E-state index contributed by atoms with van der Waals surface area (Å²) >= 11 is 0. The van der Waals surface area contributed by atoms with E-state index in [1.807, 2.05) is 6.92 Å². The lowest BCUT2D eigenvalue weighted by Crippen LogP contribution is -2.13. The van der Waals surface area contributed by atoms with Crippen LogP contribution < -0.4 is 4.72 Å². The van der Waals surface area contributed by atoms with E-state index in [0.717, 1.165) is 5.56 Å². The second kappa shape index (κ2) is 5.81. The minimum Gasteiger partial charge on any atom is -0.280 e. The number of hydrogen-bond donors (Lipinski definition) is 1. The van der Waals surface area contributed by atoms with Crippen molar-refractivity contribution in [1.82, 2.24) is 20.2 Å². The highest BCUT2D eigenvalue weighted by molar-refractivity contribution is 7.92. The number of nitrogens with one attached hydrogen (secondary N) is 1. The summed E-state index contributed by atoms with van der Waals surface area (Å²) < 4.78 is 27.2. The Labute approximate surface area is 134 Å². The predicted molar refractivity (Wildman–Crippen MR) is 85.9 cm³/mol. The molecule has 0 bridgehead atoms. The monoisotopic (exact) mass is 329 g/mol. The third-order valence-electron chi connectivity index (χ3n) is 3.20. The van der Waals surface area contributed by atoms with E-state index in [0.29, 0.717) is 17.2 Å². The Kier molecular flexibility index (Phi) is 3.83. The Morgan fingerprint density at radius 2 is 1.61 bits per heavy atom. The molecule has 0 radical (unpaired) electrons. The van der Waals surface area contributed by atoms with Crippen molar-refractivity contribution in [3.8, 4) is 5.69 Å². The molecule has 0 aliphatic heterocycles. The van der Waals surface area contributed by atoms with Crippen LogP contribution in [0.4, 0.5) is 5.69 Å². The zero-order valence-electron chi connectivity index (χ0n) is 12.6. The molecule has 0 spiro atoms. The molecule has 7 nitrogen and oxygen atoms in total. The molecular weight excluding hydrogens is 314 g/mol. The van der Waals surface area contributed by atoms with Crippen LogP contribution in [0.2, 0.25) is 0 Å². The third kappa shape index (κ3) is 3.37. The molecule has 0 unspecified atom stereocenters. The number of nitrogens with zero attached hydrogens (tertiary/aromatic N) is 4. The van der Waals surface area contributed by atoms with E-state index in [9.17, 15) is 8.42 Å². The standard InChI is InChI=1S/C15H15N5O2S/c1-11-3-9-15(10-4-11)23(21,22)18-13-5-7-14(8-6-13)20-17-12(2)16-19-20/h3-10,18H,1-2H3. The number of sulfonamides is 1. The van der Waals surface area contributed by atoms with E-state index in [1.54, 1.807) is 55.5 Å². The van der Waals surface area contributed by atoms with Crippen LogP contribution in [0.1, 0.15) is 11.4 Å². The van der Waals surface area contributed by atoms with Gasteiger partial charge in [0.2, 0.25) is 0 Å². The molecule has 118 valence electrons. The lowest BCUT2D eigenvalue weighted by molar-refractivity contribution is 0.601. The van der Waals surface area contributed by atoms with Crippen LogP contribution in [0.15, 0.2) is 53.4 Å². The van der Waals surface area contributed by atoms with Crippen molar-refractivity contribution < 1.29 is 8.42 Å². The Hall–Kier alpha value is -2.74. The molecule has 8 heteroatoms. The number of tetrazole rings is 1. The van der Waals surface area contributed by atoms with Gasteiger partial charge in [0.1, 0.15) is 0 Å². The van der Waals surface area contributed by atoms with Crippen LogP contribution in [0.3, 0.4) is 0 Å². The van der Waals surface area contributed by atoms with Crippen molar-refractivity contribution >= 4 is 15.7 Å². The van der Waals surface area contributed by atoms with Gasteiger partial charge in [-0.15, -0.1) is 15.0 Å². The first-order valence-corrected chi connectivity index (χ1v) is 8.39. The summed E-state index contributed by atoms with van der Waals surface area (Å²) in [5.41, 5.74) is 2.17. The summed E-state index contributed by atoms with van der Waals surface area (Å²) in [6.07, 6.45) is 0. The molecule has 0 aliphatic carbocycles.